The van der Waals surface area contributed by atoms with E-state index >= 15 is 0 Å². The van der Waals surface area contributed by atoms with Gasteiger partial charge in [0, 0.05) is 12.2 Å². The lowest BCUT2D eigenvalue weighted by atomic mass is 10.1. The van der Waals surface area contributed by atoms with E-state index in [-0.39, 0.29) is 6.61 Å². The average Bonchev–Trinajstić information content (AvgIpc) is 2.16. The van der Waals surface area contributed by atoms with Crippen LogP contribution in [0.4, 0.5) is 0 Å². The predicted octanol–water partition coefficient (Wildman–Crippen LogP) is 0.677. The quantitative estimate of drug-likeness (QED) is 0.583. The molecule has 0 heterocycles. The Morgan fingerprint density at radius 2 is 2.38 bits per heavy atom. The van der Waals surface area contributed by atoms with Crippen LogP contribution in [0, 0.1) is 0 Å². The molecule has 4 heteroatoms. The van der Waals surface area contributed by atoms with Gasteiger partial charge in [-0.1, -0.05) is 12.2 Å². The summed E-state index contributed by atoms with van der Waals surface area (Å²) in [5, 5.41) is 15.0. The largest absolute Gasteiger partial charge is 0.395 e. The predicted molar refractivity (Wildman–Crippen MR) is 57.3 cm³/mol. The van der Waals surface area contributed by atoms with Gasteiger partial charge in [0.1, 0.15) is 0 Å². The Kier molecular flexibility index (Phi) is 4.49. The first-order valence-electron chi connectivity index (χ1n) is 4.35. The van der Waals surface area contributed by atoms with Crippen LogP contribution in [-0.2, 0) is 0 Å². The molecule has 1 aliphatic carbocycles. The Bertz CT molecular complexity index is 236. The van der Waals surface area contributed by atoms with E-state index in [9.17, 15) is 0 Å². The van der Waals surface area contributed by atoms with Crippen LogP contribution in [0.5, 0.6) is 0 Å². The molecule has 1 aliphatic rings. The lowest BCUT2D eigenvalue weighted by Gasteiger charge is -2.11. The van der Waals surface area contributed by atoms with Crippen LogP contribution in [-0.4, -0.2) is 23.4 Å². The first kappa shape index (κ1) is 10.2. The Balaban J connectivity index is 2.27. The number of hydrogen-bond donors (Lipinski definition) is 3. The number of thiocarbonyl (C=S) groups is 1. The van der Waals surface area contributed by atoms with Crippen molar-refractivity contribution in [1.82, 2.24) is 10.6 Å². The minimum Gasteiger partial charge on any atom is -0.395 e. The fourth-order valence-corrected chi connectivity index (χ4v) is 1.27. The highest BCUT2D eigenvalue weighted by molar-refractivity contribution is 7.80. The van der Waals surface area contributed by atoms with E-state index in [2.05, 4.69) is 22.8 Å². The number of hydrogen-bond acceptors (Lipinski definition) is 2. The summed E-state index contributed by atoms with van der Waals surface area (Å²) in [6, 6.07) is 0. The molecule has 0 aromatic rings. The zero-order valence-electron chi connectivity index (χ0n) is 7.42. The molecule has 0 fully saturated rings. The topological polar surface area (TPSA) is 44.3 Å². The third kappa shape index (κ3) is 4.05. The van der Waals surface area contributed by atoms with E-state index in [0.717, 1.165) is 18.5 Å². The van der Waals surface area contributed by atoms with Gasteiger partial charge in [-0.3, -0.25) is 0 Å². The molecule has 0 spiro atoms. The number of nitrogens with one attached hydrogen (secondary N) is 2. The zero-order valence-corrected chi connectivity index (χ0v) is 8.23. The number of aliphatic hydroxyl groups is 1. The highest BCUT2D eigenvalue weighted by Gasteiger charge is 1.98. The van der Waals surface area contributed by atoms with E-state index in [1.807, 2.05) is 6.08 Å². The molecule has 1 rings (SSSR count). The van der Waals surface area contributed by atoms with Crippen molar-refractivity contribution >= 4 is 17.3 Å². The maximum Gasteiger partial charge on any atom is 0.170 e. The van der Waals surface area contributed by atoms with Gasteiger partial charge in [0.2, 0.25) is 0 Å². The van der Waals surface area contributed by atoms with Crippen LogP contribution in [0.2, 0.25) is 0 Å². The monoisotopic (exact) mass is 198 g/mol. The smallest absolute Gasteiger partial charge is 0.170 e. The second-order valence-electron chi connectivity index (χ2n) is 2.74. The Morgan fingerprint density at radius 3 is 3.00 bits per heavy atom. The summed E-state index contributed by atoms with van der Waals surface area (Å²) in [6.45, 7) is 0.583. The lowest BCUT2D eigenvalue weighted by molar-refractivity contribution is 0.300. The molecule has 0 saturated heterocycles. The van der Waals surface area contributed by atoms with Crippen molar-refractivity contribution < 1.29 is 5.11 Å². The van der Waals surface area contributed by atoms with Gasteiger partial charge < -0.3 is 15.7 Å². The van der Waals surface area contributed by atoms with Gasteiger partial charge in [-0.25, -0.2) is 0 Å². The van der Waals surface area contributed by atoms with Crippen LogP contribution >= 0.6 is 12.2 Å². The van der Waals surface area contributed by atoms with Crippen LogP contribution < -0.4 is 10.6 Å². The van der Waals surface area contributed by atoms with E-state index in [4.69, 9.17) is 17.3 Å². The lowest BCUT2D eigenvalue weighted by Crippen LogP contribution is -2.36. The molecule has 3 N–H and O–H groups in total. The molecule has 0 atom stereocenters. The Labute approximate surface area is 83.5 Å². The number of allylic oxidation sites excluding steroid dienone is 3. The third-order valence-corrected chi connectivity index (χ3v) is 1.90. The van der Waals surface area contributed by atoms with Gasteiger partial charge in [0.15, 0.2) is 5.11 Å². The highest BCUT2D eigenvalue weighted by atomic mass is 32.1. The minimum absolute atomic E-state index is 0.0940. The third-order valence-electron chi connectivity index (χ3n) is 1.65. The van der Waals surface area contributed by atoms with E-state index < -0.39 is 0 Å². The molecule has 0 bridgehead atoms. The normalized spacial score (nSPS) is 15.0. The van der Waals surface area contributed by atoms with Gasteiger partial charge in [0.05, 0.1) is 6.61 Å². The molecule has 0 radical (unpaired) electrons. The molecule has 0 unspecified atom stereocenters. The maximum atomic E-state index is 8.54. The van der Waals surface area contributed by atoms with Crippen molar-refractivity contribution in [1.29, 1.82) is 0 Å². The molecular weight excluding hydrogens is 184 g/mol. The molecule has 0 amide bonds. The average molecular weight is 198 g/mol. The summed E-state index contributed by atoms with van der Waals surface area (Å²) in [5.74, 6) is 0. The molecule has 72 valence electrons. The van der Waals surface area contributed by atoms with Gasteiger partial charge in [-0.2, -0.15) is 0 Å². The minimum atomic E-state index is 0.0940. The van der Waals surface area contributed by atoms with Crippen LogP contribution in [0.25, 0.3) is 0 Å². The van der Waals surface area contributed by atoms with E-state index in [1.165, 1.54) is 0 Å². The summed E-state index contributed by atoms with van der Waals surface area (Å²) in [5.41, 5.74) is 1.03. The molecule has 3 nitrogen and oxygen atoms in total. The first-order valence-corrected chi connectivity index (χ1v) is 4.76. The standard InChI is InChI=1S/C9H14N2OS/c12-7-6-10-9(13)11-8-4-2-1-3-5-8/h2,4-5,12H,1,3,6-7H2,(H2,10,11,13). The second-order valence-corrected chi connectivity index (χ2v) is 3.15. The molecule has 0 aromatic carbocycles. The molecule has 0 aliphatic heterocycles. The highest BCUT2D eigenvalue weighted by Crippen LogP contribution is 2.06. The van der Waals surface area contributed by atoms with Gasteiger partial charge >= 0.3 is 0 Å². The van der Waals surface area contributed by atoms with Gasteiger partial charge in [-0.15, -0.1) is 0 Å². The molecule has 0 saturated carbocycles. The summed E-state index contributed by atoms with van der Waals surface area (Å²) in [4.78, 5) is 0. The van der Waals surface area contributed by atoms with Gasteiger partial charge in [-0.05, 0) is 31.1 Å². The Hall–Kier alpha value is -0.870. The molecule has 0 aromatic heterocycles. The zero-order chi connectivity index (χ0) is 9.52. The number of rotatable bonds is 3. The van der Waals surface area contributed by atoms with Crippen molar-refractivity contribution in [2.24, 2.45) is 0 Å². The summed E-state index contributed by atoms with van der Waals surface area (Å²) in [6.07, 6.45) is 8.38. The van der Waals surface area contributed by atoms with Gasteiger partial charge in [0.25, 0.3) is 0 Å². The van der Waals surface area contributed by atoms with Crippen LogP contribution in [0.1, 0.15) is 12.8 Å². The molecular formula is C9H14N2OS. The van der Waals surface area contributed by atoms with Crippen molar-refractivity contribution in [3.63, 3.8) is 0 Å². The summed E-state index contributed by atoms with van der Waals surface area (Å²) < 4.78 is 0. The summed E-state index contributed by atoms with van der Waals surface area (Å²) >= 11 is 4.99. The van der Waals surface area contributed by atoms with Crippen LogP contribution in [0.15, 0.2) is 23.9 Å². The summed E-state index contributed by atoms with van der Waals surface area (Å²) in [7, 11) is 0. The first-order chi connectivity index (χ1) is 6.33. The van der Waals surface area contributed by atoms with Crippen molar-refractivity contribution in [2.45, 2.75) is 12.8 Å². The number of aliphatic hydroxyl groups excluding tert-OH is 1. The van der Waals surface area contributed by atoms with Crippen molar-refractivity contribution in [3.05, 3.63) is 23.9 Å². The fraction of sp³-hybridized carbons (Fsp3) is 0.444. The Morgan fingerprint density at radius 1 is 1.54 bits per heavy atom. The second kappa shape index (κ2) is 5.72. The van der Waals surface area contributed by atoms with Crippen LogP contribution in [0.3, 0.4) is 0 Å². The van der Waals surface area contributed by atoms with Crippen molar-refractivity contribution in [2.75, 3.05) is 13.2 Å². The van der Waals surface area contributed by atoms with E-state index in [1.54, 1.807) is 0 Å². The SMILES string of the molecule is OCCNC(=S)NC1=CCCC=C1. The van der Waals surface area contributed by atoms with Crippen molar-refractivity contribution in [3.8, 4) is 0 Å². The maximum absolute atomic E-state index is 8.54. The molecule has 13 heavy (non-hydrogen) atoms. The fourth-order valence-electron chi connectivity index (χ4n) is 1.05. The van der Waals surface area contributed by atoms with E-state index in [0.29, 0.717) is 11.7 Å².